The molecule has 20 heavy (non-hydrogen) atoms. The maximum absolute atomic E-state index is 5.64. The van der Waals surface area contributed by atoms with Crippen molar-refractivity contribution in [2.75, 3.05) is 26.9 Å². The molecule has 0 unspecified atom stereocenters. The Bertz CT molecular complexity index is 440. The first-order chi connectivity index (χ1) is 9.86. The van der Waals surface area contributed by atoms with Crippen molar-refractivity contribution >= 4 is 0 Å². The van der Waals surface area contributed by atoms with E-state index in [-0.39, 0.29) is 0 Å². The van der Waals surface area contributed by atoms with Gasteiger partial charge in [0.25, 0.3) is 0 Å². The topological polar surface area (TPSA) is 39.7 Å². The van der Waals surface area contributed by atoms with Crippen LogP contribution in [0.15, 0.2) is 12.1 Å². The molecule has 1 fully saturated rings. The summed E-state index contributed by atoms with van der Waals surface area (Å²) in [6.07, 6.45) is 5.53. The van der Waals surface area contributed by atoms with Gasteiger partial charge in [0.05, 0.1) is 7.11 Å². The predicted octanol–water partition coefficient (Wildman–Crippen LogP) is 2.75. The van der Waals surface area contributed by atoms with Crippen LogP contribution in [0, 0.1) is 5.92 Å². The molecule has 4 heteroatoms. The molecule has 0 spiro atoms. The van der Waals surface area contributed by atoms with Gasteiger partial charge in [0, 0.05) is 6.54 Å². The maximum Gasteiger partial charge on any atom is 0.203 e. The largest absolute Gasteiger partial charge is 0.493 e. The Morgan fingerprint density at radius 1 is 1.25 bits per heavy atom. The van der Waals surface area contributed by atoms with Crippen LogP contribution in [-0.4, -0.2) is 26.9 Å². The first-order valence-electron chi connectivity index (χ1n) is 7.54. The number of methoxy groups -OCH3 is 1. The van der Waals surface area contributed by atoms with Gasteiger partial charge < -0.3 is 19.5 Å². The van der Waals surface area contributed by atoms with Crippen LogP contribution in [0.4, 0.5) is 0 Å². The number of hydrogen-bond donors (Lipinski definition) is 1. The Morgan fingerprint density at radius 3 is 2.90 bits per heavy atom. The molecule has 0 radical (unpaired) electrons. The quantitative estimate of drug-likeness (QED) is 0.778. The van der Waals surface area contributed by atoms with Gasteiger partial charge in [0.15, 0.2) is 11.5 Å². The fourth-order valence-corrected chi connectivity index (χ4v) is 2.58. The monoisotopic (exact) mass is 277 g/mol. The molecule has 1 aromatic rings. The van der Waals surface area contributed by atoms with E-state index >= 15 is 0 Å². The summed E-state index contributed by atoms with van der Waals surface area (Å²) in [5.74, 6) is 3.31. The summed E-state index contributed by atoms with van der Waals surface area (Å²) in [7, 11) is 1.67. The zero-order chi connectivity index (χ0) is 13.8. The number of benzene rings is 1. The summed E-state index contributed by atoms with van der Waals surface area (Å²) in [6.45, 7) is 3.11. The van der Waals surface area contributed by atoms with Crippen LogP contribution in [0.3, 0.4) is 0 Å². The lowest BCUT2D eigenvalue weighted by atomic mass is 10.1. The Hall–Kier alpha value is -1.42. The summed E-state index contributed by atoms with van der Waals surface area (Å²) in [6, 6.07) is 4.08. The molecule has 0 atom stereocenters. The van der Waals surface area contributed by atoms with Crippen molar-refractivity contribution in [1.82, 2.24) is 5.32 Å². The number of rotatable bonds is 7. The Morgan fingerprint density at radius 2 is 2.10 bits per heavy atom. The fourth-order valence-electron chi connectivity index (χ4n) is 2.58. The number of ether oxygens (including phenoxy) is 3. The summed E-state index contributed by atoms with van der Waals surface area (Å²) in [5, 5.41) is 3.49. The van der Waals surface area contributed by atoms with Gasteiger partial charge in [-0.1, -0.05) is 12.8 Å². The fraction of sp³-hybridized carbons (Fsp3) is 0.625. The third-order valence-corrected chi connectivity index (χ3v) is 3.88. The summed E-state index contributed by atoms with van der Waals surface area (Å²) < 4.78 is 16.6. The average molecular weight is 277 g/mol. The van der Waals surface area contributed by atoms with Crippen LogP contribution in [0.1, 0.15) is 31.2 Å². The second-order valence-corrected chi connectivity index (χ2v) is 5.58. The van der Waals surface area contributed by atoms with Gasteiger partial charge in [-0.25, -0.2) is 0 Å². The van der Waals surface area contributed by atoms with Crippen molar-refractivity contribution in [3.63, 3.8) is 0 Å². The standard InChI is InChI=1S/C16H23NO3/c1-18-14-9-13(10-15-16(14)20-8-7-19-15)11-17-6-2-3-12-4-5-12/h9-10,12,17H,2-8,11H2,1H3. The second-order valence-electron chi connectivity index (χ2n) is 5.58. The Labute approximate surface area is 120 Å². The van der Waals surface area contributed by atoms with Crippen LogP contribution in [0.5, 0.6) is 17.2 Å². The average Bonchev–Trinajstić information content (AvgIpc) is 3.30. The minimum atomic E-state index is 0.585. The van der Waals surface area contributed by atoms with Crippen LogP contribution < -0.4 is 19.5 Å². The summed E-state index contributed by atoms with van der Waals surface area (Å²) in [4.78, 5) is 0. The molecule has 0 bridgehead atoms. The normalized spacial score (nSPS) is 17.1. The predicted molar refractivity (Wildman–Crippen MR) is 77.6 cm³/mol. The van der Waals surface area contributed by atoms with Gasteiger partial charge in [0.1, 0.15) is 13.2 Å². The van der Waals surface area contributed by atoms with E-state index < -0.39 is 0 Å². The number of fused-ring (bicyclic) bond motifs is 1. The maximum atomic E-state index is 5.64. The molecule has 110 valence electrons. The highest BCUT2D eigenvalue weighted by molar-refractivity contribution is 5.54. The van der Waals surface area contributed by atoms with Gasteiger partial charge in [-0.15, -0.1) is 0 Å². The molecule has 1 aliphatic heterocycles. The lowest BCUT2D eigenvalue weighted by molar-refractivity contribution is 0.165. The van der Waals surface area contributed by atoms with Gasteiger partial charge >= 0.3 is 0 Å². The highest BCUT2D eigenvalue weighted by Crippen LogP contribution is 2.40. The van der Waals surface area contributed by atoms with Crippen molar-refractivity contribution < 1.29 is 14.2 Å². The minimum Gasteiger partial charge on any atom is -0.493 e. The van der Waals surface area contributed by atoms with Crippen LogP contribution in [0.2, 0.25) is 0 Å². The van der Waals surface area contributed by atoms with Crippen molar-refractivity contribution in [1.29, 1.82) is 0 Å². The minimum absolute atomic E-state index is 0.585. The number of hydrogen-bond acceptors (Lipinski definition) is 4. The molecule has 1 saturated carbocycles. The first kappa shape index (κ1) is 13.6. The van der Waals surface area contributed by atoms with Crippen molar-refractivity contribution in [2.24, 2.45) is 5.92 Å². The highest BCUT2D eigenvalue weighted by atomic mass is 16.6. The SMILES string of the molecule is COc1cc(CNCCCC2CC2)cc2c1OCCO2. The van der Waals surface area contributed by atoms with Gasteiger partial charge in [0.2, 0.25) is 5.75 Å². The van der Waals surface area contributed by atoms with Crippen molar-refractivity contribution in [2.45, 2.75) is 32.2 Å². The smallest absolute Gasteiger partial charge is 0.203 e. The summed E-state index contributed by atoms with van der Waals surface area (Å²) >= 11 is 0. The molecule has 2 aliphatic rings. The molecule has 1 heterocycles. The van der Waals surface area contributed by atoms with Crippen molar-refractivity contribution in [3.05, 3.63) is 17.7 Å². The summed E-state index contributed by atoms with van der Waals surface area (Å²) in [5.41, 5.74) is 1.18. The van der Waals surface area contributed by atoms with E-state index in [2.05, 4.69) is 5.32 Å². The van der Waals surface area contributed by atoms with Crippen molar-refractivity contribution in [3.8, 4) is 17.2 Å². The molecule has 3 rings (SSSR count). The molecule has 0 amide bonds. The van der Waals surface area contributed by atoms with Crippen LogP contribution >= 0.6 is 0 Å². The second kappa shape index (κ2) is 6.35. The van der Waals surface area contributed by atoms with Gasteiger partial charge in [-0.05, 0) is 43.0 Å². The third-order valence-electron chi connectivity index (χ3n) is 3.88. The van der Waals surface area contributed by atoms with E-state index in [1.807, 2.05) is 12.1 Å². The van der Waals surface area contributed by atoms with Gasteiger partial charge in [-0.2, -0.15) is 0 Å². The van der Waals surface area contributed by atoms with E-state index in [1.54, 1.807) is 7.11 Å². The Kier molecular flexibility index (Phi) is 4.31. The zero-order valence-electron chi connectivity index (χ0n) is 12.1. The highest BCUT2D eigenvalue weighted by Gasteiger charge is 2.20. The van der Waals surface area contributed by atoms with Crippen LogP contribution in [0.25, 0.3) is 0 Å². The third kappa shape index (κ3) is 3.37. The van der Waals surface area contributed by atoms with E-state index in [9.17, 15) is 0 Å². The molecule has 0 aromatic heterocycles. The molecule has 1 aliphatic carbocycles. The first-order valence-corrected chi connectivity index (χ1v) is 7.54. The van der Waals surface area contributed by atoms with E-state index in [0.717, 1.165) is 36.3 Å². The zero-order valence-corrected chi connectivity index (χ0v) is 12.1. The van der Waals surface area contributed by atoms with E-state index in [1.165, 1.54) is 31.2 Å². The molecule has 1 aromatic carbocycles. The molecule has 1 N–H and O–H groups in total. The van der Waals surface area contributed by atoms with Gasteiger partial charge in [-0.3, -0.25) is 0 Å². The van der Waals surface area contributed by atoms with Crippen LogP contribution in [-0.2, 0) is 6.54 Å². The lowest BCUT2D eigenvalue weighted by Crippen LogP contribution is -2.18. The molecular weight excluding hydrogens is 254 g/mol. The Balaban J connectivity index is 1.55. The van der Waals surface area contributed by atoms with E-state index in [0.29, 0.717) is 13.2 Å². The molecular formula is C16H23NO3. The number of nitrogens with one attached hydrogen (secondary N) is 1. The molecule has 0 saturated heterocycles. The lowest BCUT2D eigenvalue weighted by Gasteiger charge is -2.21. The molecule has 4 nitrogen and oxygen atoms in total. The van der Waals surface area contributed by atoms with E-state index in [4.69, 9.17) is 14.2 Å².